The molecule has 0 radical (unpaired) electrons. The number of fused-ring (bicyclic) bond motifs is 3. The summed E-state index contributed by atoms with van der Waals surface area (Å²) in [4.78, 5) is 0. The maximum absolute atomic E-state index is 2.23. The Morgan fingerprint density at radius 2 is 1.62 bits per heavy atom. The molecule has 2 nitrogen and oxygen atoms in total. The predicted octanol–water partition coefficient (Wildman–Crippen LogP) is 0.432. The molecule has 0 N–H and O–H groups in total. The Balaban J connectivity index is 0.00000132. The fourth-order valence-electron chi connectivity index (χ4n) is 2.72. The lowest BCUT2D eigenvalue weighted by Gasteiger charge is -1.95. The van der Waals surface area contributed by atoms with Crippen molar-refractivity contribution < 1.29 is 21.5 Å². The highest BCUT2D eigenvalue weighted by atomic mass is 79.9. The molecule has 2 heterocycles. The summed E-state index contributed by atoms with van der Waals surface area (Å²) in [5, 5.41) is 2.58. The van der Waals surface area contributed by atoms with Crippen LogP contribution in [-0.4, -0.2) is 4.40 Å². The fourth-order valence-corrected chi connectivity index (χ4v) is 2.72. The average molecular weight is 339 g/mol. The SMILES string of the molecule is [Br-].c1ccc(C[n+]2cc3c4ccccc4ccn3c2)cc1. The van der Waals surface area contributed by atoms with E-state index in [9.17, 15) is 0 Å². The van der Waals surface area contributed by atoms with Crippen LogP contribution in [0.4, 0.5) is 0 Å². The first-order chi connectivity index (χ1) is 9.90. The molecule has 0 aliphatic rings. The zero-order chi connectivity index (χ0) is 13.4. The van der Waals surface area contributed by atoms with E-state index in [0.29, 0.717) is 0 Å². The van der Waals surface area contributed by atoms with Crippen LogP contribution < -0.4 is 21.5 Å². The van der Waals surface area contributed by atoms with Crippen LogP contribution in [0.5, 0.6) is 0 Å². The Bertz CT molecular complexity index is 881. The molecule has 4 rings (SSSR count). The van der Waals surface area contributed by atoms with Gasteiger partial charge in [0.1, 0.15) is 12.7 Å². The van der Waals surface area contributed by atoms with Crippen LogP contribution in [0.25, 0.3) is 16.3 Å². The topological polar surface area (TPSA) is 8.29 Å². The van der Waals surface area contributed by atoms with E-state index in [4.69, 9.17) is 0 Å². The molecule has 0 spiro atoms. The molecule has 0 saturated heterocycles. The van der Waals surface area contributed by atoms with Crippen molar-refractivity contribution in [3.05, 3.63) is 84.9 Å². The molecule has 0 amide bonds. The van der Waals surface area contributed by atoms with Gasteiger partial charge in [0, 0.05) is 5.39 Å². The third-order valence-electron chi connectivity index (χ3n) is 3.70. The molecule has 0 aliphatic heterocycles. The number of hydrogen-bond acceptors (Lipinski definition) is 0. The number of pyridine rings is 1. The Morgan fingerprint density at radius 1 is 0.857 bits per heavy atom. The lowest BCUT2D eigenvalue weighted by Crippen LogP contribution is -3.00. The number of nitrogens with zero attached hydrogens (tertiary/aromatic N) is 2. The van der Waals surface area contributed by atoms with Crippen molar-refractivity contribution in [2.24, 2.45) is 0 Å². The first-order valence-corrected chi connectivity index (χ1v) is 6.82. The summed E-state index contributed by atoms with van der Waals surface area (Å²) in [6, 6.07) is 21.2. The van der Waals surface area contributed by atoms with Crippen molar-refractivity contribution >= 4 is 16.3 Å². The molecule has 0 saturated carbocycles. The molecule has 21 heavy (non-hydrogen) atoms. The zero-order valence-corrected chi connectivity index (χ0v) is 13.1. The summed E-state index contributed by atoms with van der Waals surface area (Å²) in [6.07, 6.45) is 6.49. The van der Waals surface area contributed by atoms with Gasteiger partial charge in [0.25, 0.3) is 0 Å². The van der Waals surface area contributed by atoms with Gasteiger partial charge >= 0.3 is 0 Å². The Kier molecular flexibility index (Phi) is 3.76. The van der Waals surface area contributed by atoms with Crippen LogP contribution in [0.1, 0.15) is 5.56 Å². The number of rotatable bonds is 2. The van der Waals surface area contributed by atoms with E-state index in [0.717, 1.165) is 6.54 Å². The van der Waals surface area contributed by atoms with Crippen molar-refractivity contribution in [3.63, 3.8) is 0 Å². The van der Waals surface area contributed by atoms with Crippen LogP contribution >= 0.6 is 0 Å². The van der Waals surface area contributed by atoms with Crippen molar-refractivity contribution in [2.75, 3.05) is 0 Å². The van der Waals surface area contributed by atoms with E-state index < -0.39 is 0 Å². The Labute approximate surface area is 134 Å². The van der Waals surface area contributed by atoms with Crippen LogP contribution in [0.3, 0.4) is 0 Å². The molecule has 0 aliphatic carbocycles. The Hall–Kier alpha value is -2.13. The van der Waals surface area contributed by atoms with Gasteiger partial charge in [-0.3, -0.25) is 0 Å². The van der Waals surface area contributed by atoms with Crippen LogP contribution in [0.2, 0.25) is 0 Å². The second kappa shape index (κ2) is 5.70. The molecule has 2 aromatic heterocycles. The zero-order valence-electron chi connectivity index (χ0n) is 11.5. The first kappa shape index (κ1) is 13.8. The standard InChI is InChI=1S/C18H15N2.BrH/c1-2-6-15(7-3-1)12-19-13-18-17-9-5-4-8-16(17)10-11-20(18)14-19;/h1-11,13-14H,12H2;1H/q+1;/p-1. The summed E-state index contributed by atoms with van der Waals surface area (Å²) < 4.78 is 4.42. The summed E-state index contributed by atoms with van der Waals surface area (Å²) >= 11 is 0. The number of imidazole rings is 1. The minimum Gasteiger partial charge on any atom is -1.00 e. The average Bonchev–Trinajstić information content (AvgIpc) is 2.91. The number of benzene rings is 2. The van der Waals surface area contributed by atoms with E-state index in [-0.39, 0.29) is 17.0 Å². The Morgan fingerprint density at radius 3 is 2.48 bits per heavy atom. The largest absolute Gasteiger partial charge is 1.00 e. The second-order valence-corrected chi connectivity index (χ2v) is 5.10. The molecule has 0 atom stereocenters. The normalized spacial score (nSPS) is 10.7. The lowest BCUT2D eigenvalue weighted by molar-refractivity contribution is -0.686. The summed E-state index contributed by atoms with van der Waals surface area (Å²) in [5.74, 6) is 0. The minimum atomic E-state index is 0. The smallest absolute Gasteiger partial charge is 0.249 e. The monoisotopic (exact) mass is 338 g/mol. The van der Waals surface area contributed by atoms with Gasteiger partial charge in [-0.25, -0.2) is 8.97 Å². The predicted molar refractivity (Wildman–Crippen MR) is 80.6 cm³/mol. The summed E-state index contributed by atoms with van der Waals surface area (Å²) in [7, 11) is 0. The number of hydrogen-bond donors (Lipinski definition) is 0. The molecule has 104 valence electrons. The van der Waals surface area contributed by atoms with Gasteiger partial charge in [0.2, 0.25) is 6.33 Å². The molecule has 0 unspecified atom stereocenters. The van der Waals surface area contributed by atoms with Crippen molar-refractivity contribution in [1.82, 2.24) is 4.40 Å². The maximum Gasteiger partial charge on any atom is 0.249 e. The van der Waals surface area contributed by atoms with E-state index in [1.807, 2.05) is 0 Å². The van der Waals surface area contributed by atoms with Crippen LogP contribution in [0, 0.1) is 0 Å². The van der Waals surface area contributed by atoms with Gasteiger partial charge in [-0.15, -0.1) is 0 Å². The lowest BCUT2D eigenvalue weighted by atomic mass is 10.1. The number of halogens is 1. The molecule has 2 aromatic carbocycles. The van der Waals surface area contributed by atoms with Crippen LogP contribution in [-0.2, 0) is 6.54 Å². The highest BCUT2D eigenvalue weighted by Crippen LogP contribution is 2.18. The van der Waals surface area contributed by atoms with Gasteiger partial charge < -0.3 is 17.0 Å². The van der Waals surface area contributed by atoms with Gasteiger partial charge in [-0.2, -0.15) is 0 Å². The van der Waals surface area contributed by atoms with Gasteiger partial charge in [-0.05, 0) is 23.1 Å². The highest BCUT2D eigenvalue weighted by Gasteiger charge is 2.10. The highest BCUT2D eigenvalue weighted by molar-refractivity contribution is 5.95. The quantitative estimate of drug-likeness (QED) is 0.468. The molecular formula is C18H15BrN2. The van der Waals surface area contributed by atoms with E-state index in [1.165, 1.54) is 21.9 Å². The van der Waals surface area contributed by atoms with E-state index >= 15 is 0 Å². The van der Waals surface area contributed by atoms with Gasteiger partial charge in [0.05, 0.1) is 6.20 Å². The van der Waals surface area contributed by atoms with Crippen LogP contribution in [0.15, 0.2) is 79.4 Å². The minimum absolute atomic E-state index is 0. The number of aromatic nitrogens is 2. The fraction of sp³-hybridized carbons (Fsp3) is 0.0556. The van der Waals surface area contributed by atoms with E-state index in [2.05, 4.69) is 88.4 Å². The van der Waals surface area contributed by atoms with Crippen molar-refractivity contribution in [1.29, 1.82) is 0 Å². The van der Waals surface area contributed by atoms with E-state index in [1.54, 1.807) is 0 Å². The second-order valence-electron chi connectivity index (χ2n) is 5.10. The first-order valence-electron chi connectivity index (χ1n) is 6.82. The summed E-state index contributed by atoms with van der Waals surface area (Å²) in [6.45, 7) is 0.900. The van der Waals surface area contributed by atoms with Crippen molar-refractivity contribution in [2.45, 2.75) is 6.54 Å². The third kappa shape index (κ3) is 2.57. The molecule has 0 fully saturated rings. The molecule has 3 heteroatoms. The molecular weight excluding hydrogens is 324 g/mol. The van der Waals surface area contributed by atoms with Crippen molar-refractivity contribution in [3.8, 4) is 0 Å². The third-order valence-corrected chi connectivity index (χ3v) is 3.70. The molecule has 0 bridgehead atoms. The summed E-state index contributed by atoms with van der Waals surface area (Å²) in [5.41, 5.74) is 2.57. The van der Waals surface area contributed by atoms with Gasteiger partial charge in [0.15, 0.2) is 5.52 Å². The maximum atomic E-state index is 2.23. The molecule has 4 aromatic rings. The van der Waals surface area contributed by atoms with Gasteiger partial charge in [-0.1, -0.05) is 48.5 Å².